The molecular weight excluding hydrogens is 422 g/mol. The topological polar surface area (TPSA) is 92.8 Å². The first kappa shape index (κ1) is 21.2. The Kier molecular flexibility index (Phi) is 6.80. The van der Waals surface area contributed by atoms with Gasteiger partial charge in [0.2, 0.25) is 5.91 Å². The molecule has 1 aromatic heterocycles. The molecule has 1 heterocycles. The van der Waals surface area contributed by atoms with Crippen LogP contribution >= 0.6 is 11.8 Å². The summed E-state index contributed by atoms with van der Waals surface area (Å²) in [5.41, 5.74) is 2.19. The van der Waals surface area contributed by atoms with Crippen molar-refractivity contribution in [2.75, 3.05) is 11.1 Å². The predicted octanol–water partition coefficient (Wildman–Crippen LogP) is 4.45. The highest BCUT2D eigenvalue weighted by atomic mass is 32.2. The van der Waals surface area contributed by atoms with E-state index in [1.165, 1.54) is 11.8 Å². The lowest BCUT2D eigenvalue weighted by Crippen LogP contribution is -2.14. The third-order valence-corrected chi connectivity index (χ3v) is 5.38. The fourth-order valence-corrected chi connectivity index (χ4v) is 3.72. The van der Waals surface area contributed by atoms with Gasteiger partial charge in [0.05, 0.1) is 17.4 Å². The molecule has 0 saturated carbocycles. The number of aromatic nitrogens is 3. The number of carbonyl (C=O) groups is 1. The number of nitrogens with one attached hydrogen (secondary N) is 1. The van der Waals surface area contributed by atoms with Crippen LogP contribution in [0, 0.1) is 11.3 Å². The summed E-state index contributed by atoms with van der Waals surface area (Å²) < 4.78 is 7.73. The molecule has 0 spiro atoms. The molecule has 0 aliphatic carbocycles. The molecule has 8 heteroatoms. The van der Waals surface area contributed by atoms with E-state index in [0.717, 1.165) is 11.4 Å². The van der Waals surface area contributed by atoms with Crippen molar-refractivity contribution in [3.63, 3.8) is 0 Å². The Labute approximate surface area is 189 Å². The number of amides is 1. The summed E-state index contributed by atoms with van der Waals surface area (Å²) in [5, 5.41) is 21.0. The van der Waals surface area contributed by atoms with E-state index < -0.39 is 0 Å². The molecule has 3 aromatic carbocycles. The molecule has 1 N–H and O–H groups in total. The number of nitriles is 1. The van der Waals surface area contributed by atoms with Gasteiger partial charge in [0.1, 0.15) is 12.4 Å². The van der Waals surface area contributed by atoms with E-state index in [9.17, 15) is 4.79 Å². The van der Waals surface area contributed by atoms with E-state index in [-0.39, 0.29) is 18.3 Å². The Bertz CT molecular complexity index is 1220. The van der Waals surface area contributed by atoms with Crippen molar-refractivity contribution >= 4 is 23.4 Å². The van der Waals surface area contributed by atoms with E-state index in [1.54, 1.807) is 24.3 Å². The van der Waals surface area contributed by atoms with Crippen molar-refractivity contribution in [1.82, 2.24) is 14.8 Å². The first-order chi connectivity index (χ1) is 15.7. The lowest BCUT2D eigenvalue weighted by molar-refractivity contribution is -0.113. The number of hydrogen-bond donors (Lipinski definition) is 1. The number of para-hydroxylation sites is 2. The summed E-state index contributed by atoms with van der Waals surface area (Å²) in [6.45, 7) is 0.185. The van der Waals surface area contributed by atoms with Crippen LogP contribution in [0.25, 0.3) is 5.69 Å². The van der Waals surface area contributed by atoms with Gasteiger partial charge in [0.15, 0.2) is 11.0 Å². The minimum absolute atomic E-state index is 0.126. The van der Waals surface area contributed by atoms with Crippen molar-refractivity contribution in [3.8, 4) is 17.5 Å². The third-order valence-electron chi connectivity index (χ3n) is 4.46. The van der Waals surface area contributed by atoms with Crippen molar-refractivity contribution in [2.45, 2.75) is 11.8 Å². The molecular formula is C24H19N5O2S. The molecule has 0 unspecified atom stereocenters. The highest BCUT2D eigenvalue weighted by Gasteiger charge is 2.16. The summed E-state index contributed by atoms with van der Waals surface area (Å²) in [7, 11) is 0. The maximum Gasteiger partial charge on any atom is 0.234 e. The molecule has 0 bridgehead atoms. The average molecular weight is 442 g/mol. The maximum atomic E-state index is 12.4. The van der Waals surface area contributed by atoms with Gasteiger partial charge in [-0.1, -0.05) is 48.2 Å². The van der Waals surface area contributed by atoms with Gasteiger partial charge < -0.3 is 10.1 Å². The molecule has 32 heavy (non-hydrogen) atoms. The van der Waals surface area contributed by atoms with E-state index in [1.807, 2.05) is 65.2 Å². The SMILES string of the molecule is N#Cc1ccc(OCc2nnc(SCC(=O)Nc3ccccc3)n2-c2ccccc2)cc1. The van der Waals surface area contributed by atoms with Crippen LogP contribution in [0.2, 0.25) is 0 Å². The molecule has 0 radical (unpaired) electrons. The molecule has 0 atom stereocenters. The number of nitrogens with zero attached hydrogens (tertiary/aromatic N) is 4. The van der Waals surface area contributed by atoms with E-state index in [2.05, 4.69) is 21.6 Å². The fourth-order valence-electron chi connectivity index (χ4n) is 2.95. The number of rotatable bonds is 8. The van der Waals surface area contributed by atoms with Crippen LogP contribution in [0.5, 0.6) is 5.75 Å². The van der Waals surface area contributed by atoms with Crippen molar-refractivity contribution in [1.29, 1.82) is 5.26 Å². The quantitative estimate of drug-likeness (QED) is 0.406. The van der Waals surface area contributed by atoms with Gasteiger partial charge in [0.25, 0.3) is 0 Å². The van der Waals surface area contributed by atoms with Gasteiger partial charge in [-0.05, 0) is 48.5 Å². The molecule has 4 rings (SSSR count). The second kappa shape index (κ2) is 10.3. The normalized spacial score (nSPS) is 10.3. The Morgan fingerprint density at radius 3 is 2.34 bits per heavy atom. The zero-order chi connectivity index (χ0) is 22.2. The van der Waals surface area contributed by atoms with E-state index in [0.29, 0.717) is 22.3 Å². The number of carbonyl (C=O) groups excluding carboxylic acids is 1. The fraction of sp³-hybridized carbons (Fsp3) is 0.0833. The smallest absolute Gasteiger partial charge is 0.234 e. The van der Waals surface area contributed by atoms with Gasteiger partial charge >= 0.3 is 0 Å². The van der Waals surface area contributed by atoms with Crippen LogP contribution in [0.4, 0.5) is 5.69 Å². The predicted molar refractivity (Wildman–Crippen MR) is 123 cm³/mol. The lowest BCUT2D eigenvalue weighted by Gasteiger charge is -2.11. The molecule has 1 amide bonds. The van der Waals surface area contributed by atoms with Crippen molar-refractivity contribution in [3.05, 3.63) is 96.3 Å². The van der Waals surface area contributed by atoms with Crippen LogP contribution < -0.4 is 10.1 Å². The molecule has 0 fully saturated rings. The van der Waals surface area contributed by atoms with Crippen LogP contribution in [0.1, 0.15) is 11.4 Å². The summed E-state index contributed by atoms with van der Waals surface area (Å²) in [5.74, 6) is 1.30. The van der Waals surface area contributed by atoms with Gasteiger partial charge in [0, 0.05) is 11.4 Å². The Balaban J connectivity index is 1.49. The molecule has 0 saturated heterocycles. The minimum atomic E-state index is -0.126. The first-order valence-electron chi connectivity index (χ1n) is 9.83. The van der Waals surface area contributed by atoms with Crippen LogP contribution in [-0.4, -0.2) is 26.4 Å². The van der Waals surface area contributed by atoms with Crippen LogP contribution in [0.15, 0.2) is 90.1 Å². The Morgan fingerprint density at radius 1 is 0.969 bits per heavy atom. The van der Waals surface area contributed by atoms with E-state index >= 15 is 0 Å². The molecule has 0 aliphatic rings. The highest BCUT2D eigenvalue weighted by molar-refractivity contribution is 7.99. The number of anilines is 1. The molecule has 158 valence electrons. The maximum absolute atomic E-state index is 12.4. The highest BCUT2D eigenvalue weighted by Crippen LogP contribution is 2.23. The lowest BCUT2D eigenvalue weighted by atomic mass is 10.2. The van der Waals surface area contributed by atoms with Gasteiger partial charge in [-0.25, -0.2) is 0 Å². The second-order valence-corrected chi connectivity index (χ2v) is 7.64. The van der Waals surface area contributed by atoms with Crippen LogP contribution in [0.3, 0.4) is 0 Å². The van der Waals surface area contributed by atoms with Crippen molar-refractivity contribution < 1.29 is 9.53 Å². The second-order valence-electron chi connectivity index (χ2n) is 6.70. The minimum Gasteiger partial charge on any atom is -0.486 e. The standard InChI is InChI=1S/C24H19N5O2S/c25-15-18-11-13-21(14-12-18)31-16-22-27-28-24(29(22)20-9-5-2-6-10-20)32-17-23(30)26-19-7-3-1-4-8-19/h1-14H,16-17H2,(H,26,30). The van der Waals surface area contributed by atoms with Gasteiger partial charge in [-0.15, -0.1) is 10.2 Å². The summed E-state index contributed by atoms with van der Waals surface area (Å²) in [6, 6.07) is 28.0. The first-order valence-corrected chi connectivity index (χ1v) is 10.8. The summed E-state index contributed by atoms with van der Waals surface area (Å²) in [6.07, 6.45) is 0. The van der Waals surface area contributed by atoms with Crippen LogP contribution in [-0.2, 0) is 11.4 Å². The third kappa shape index (κ3) is 5.33. The van der Waals surface area contributed by atoms with Gasteiger partial charge in [-0.3, -0.25) is 9.36 Å². The number of benzene rings is 3. The number of hydrogen-bond acceptors (Lipinski definition) is 6. The summed E-state index contributed by atoms with van der Waals surface area (Å²) >= 11 is 1.30. The molecule has 0 aliphatic heterocycles. The zero-order valence-electron chi connectivity index (χ0n) is 17.0. The zero-order valence-corrected chi connectivity index (χ0v) is 17.8. The van der Waals surface area contributed by atoms with Crippen molar-refractivity contribution in [2.24, 2.45) is 0 Å². The summed E-state index contributed by atoms with van der Waals surface area (Å²) in [4.78, 5) is 12.4. The Hall–Kier alpha value is -4.09. The number of thioether (sulfide) groups is 1. The molecule has 7 nitrogen and oxygen atoms in total. The monoisotopic (exact) mass is 441 g/mol. The van der Waals surface area contributed by atoms with E-state index in [4.69, 9.17) is 10.00 Å². The largest absolute Gasteiger partial charge is 0.486 e. The average Bonchev–Trinajstić information content (AvgIpc) is 3.26. The number of ether oxygens (including phenoxy) is 1. The Morgan fingerprint density at radius 2 is 1.66 bits per heavy atom. The molecule has 4 aromatic rings. The van der Waals surface area contributed by atoms with Gasteiger partial charge in [-0.2, -0.15) is 5.26 Å².